The summed E-state index contributed by atoms with van der Waals surface area (Å²) in [6.07, 6.45) is 1.98. The van der Waals surface area contributed by atoms with Crippen molar-refractivity contribution in [1.82, 2.24) is 15.1 Å². The molecular formula is C37H40N4O9S. The molecule has 2 aliphatic carbocycles. The molecule has 2 N–H and O–H groups in total. The third-order valence-corrected chi connectivity index (χ3v) is 13.9. The second-order valence-electron chi connectivity index (χ2n) is 14.9. The summed E-state index contributed by atoms with van der Waals surface area (Å²) in [5.74, 6) is 0.255. The van der Waals surface area contributed by atoms with Gasteiger partial charge in [-0.3, -0.25) is 19.4 Å². The summed E-state index contributed by atoms with van der Waals surface area (Å²) in [6.45, 7) is 6.90. The Labute approximate surface area is 299 Å². The molecule has 0 radical (unpaired) electrons. The Balaban J connectivity index is 1.34. The summed E-state index contributed by atoms with van der Waals surface area (Å²) in [6, 6.07) is 2.04. The maximum atomic E-state index is 14.4. The number of nitriles is 1. The fourth-order valence-electron chi connectivity index (χ4n) is 10.7. The third-order valence-electron chi connectivity index (χ3n) is 12.4. The Morgan fingerprint density at radius 2 is 1.98 bits per heavy atom. The number of carbonyl (C=O) groups excluding carboxylic acids is 3. The van der Waals surface area contributed by atoms with Gasteiger partial charge in [0.05, 0.1) is 30.0 Å². The Morgan fingerprint density at radius 3 is 2.69 bits per heavy atom. The lowest BCUT2D eigenvalue weighted by Crippen LogP contribution is -2.73. The second-order valence-corrected chi connectivity index (χ2v) is 16.1. The number of hydrogen-bond acceptors (Lipinski definition) is 13. The van der Waals surface area contributed by atoms with Crippen LogP contribution < -0.4 is 24.3 Å². The topological polar surface area (TPSA) is 160 Å². The molecule has 9 rings (SSSR count). The van der Waals surface area contributed by atoms with E-state index in [1.54, 1.807) is 6.92 Å². The second kappa shape index (κ2) is 10.9. The lowest BCUT2D eigenvalue weighted by molar-refractivity contribution is -0.182. The van der Waals surface area contributed by atoms with Gasteiger partial charge in [-0.2, -0.15) is 5.26 Å². The number of piperazine rings is 1. The molecule has 5 aliphatic heterocycles. The first kappa shape index (κ1) is 32.7. The smallest absolute Gasteiger partial charge is 0.330 e. The van der Waals surface area contributed by atoms with Crippen LogP contribution in [0.15, 0.2) is 6.07 Å². The number of benzene rings is 2. The summed E-state index contributed by atoms with van der Waals surface area (Å²) in [5.41, 5.74) is 2.15. The van der Waals surface area contributed by atoms with E-state index in [2.05, 4.69) is 21.2 Å². The number of carbonyl (C=O) groups is 3. The largest absolute Gasteiger partial charge is 0.504 e. The van der Waals surface area contributed by atoms with Crippen LogP contribution in [-0.4, -0.2) is 88.9 Å². The Bertz CT molecular complexity index is 2000. The van der Waals surface area contributed by atoms with Crippen molar-refractivity contribution >= 4 is 29.6 Å². The highest BCUT2D eigenvalue weighted by Gasteiger charge is 2.87. The van der Waals surface area contributed by atoms with Crippen LogP contribution in [0, 0.1) is 31.1 Å². The van der Waals surface area contributed by atoms with E-state index in [1.165, 1.54) is 25.8 Å². The van der Waals surface area contributed by atoms with Gasteiger partial charge in [0.15, 0.2) is 28.6 Å². The predicted octanol–water partition coefficient (Wildman–Crippen LogP) is 3.23. The van der Waals surface area contributed by atoms with E-state index in [4.69, 9.17) is 23.7 Å². The standard InChI is InChI=1S/C37H40N4O9S/c1-7-8-23(43)39-19-13-51-34-28-27-24-18(9-15(2)30(46-6)29(24)44)10-20(40(27)5)21(12-38)41(28)36-11-22(36)37(34,50-35(19)45)26-25(36)33-32(47-14-48-33)16(3)31(26)49-17(4)42/h9,19-22,27-28,34,44H,7-8,10-11,13-14H2,1-6H3,(H,39,43)/t19-,20-,21-,22?,27+,28?,34-,36?,37-/m0/s1. The minimum Gasteiger partial charge on any atom is -0.504 e. The van der Waals surface area contributed by atoms with Crippen molar-refractivity contribution in [3.8, 4) is 34.8 Å². The number of thioether (sulfide) groups is 1. The quantitative estimate of drug-likeness (QED) is 0.344. The lowest BCUT2D eigenvalue weighted by atomic mass is 9.71. The van der Waals surface area contributed by atoms with Gasteiger partial charge < -0.3 is 34.1 Å². The molecule has 14 heteroatoms. The van der Waals surface area contributed by atoms with Gasteiger partial charge >= 0.3 is 11.9 Å². The SMILES string of the molecule is CCCC(=O)N[C@H]1CS[C@H]2C3[C@H]4c5c(cc(C)c(OC)c5O)C[C@@H]([C@H](C#N)N3C35CC3[C@]2(OC1=O)c1c(OC(C)=O)c(C)c2c(c15)OCO2)N4C. The van der Waals surface area contributed by atoms with Crippen molar-refractivity contribution in [2.75, 3.05) is 26.7 Å². The van der Waals surface area contributed by atoms with Gasteiger partial charge in [-0.1, -0.05) is 13.0 Å². The molecule has 3 saturated heterocycles. The average molecular weight is 717 g/mol. The minimum atomic E-state index is -1.34. The third kappa shape index (κ3) is 3.92. The van der Waals surface area contributed by atoms with Crippen molar-refractivity contribution in [3.05, 3.63) is 39.4 Å². The van der Waals surface area contributed by atoms with Crippen LogP contribution in [0.4, 0.5) is 0 Å². The van der Waals surface area contributed by atoms with Crippen molar-refractivity contribution in [2.24, 2.45) is 5.92 Å². The number of hydrogen-bond donors (Lipinski definition) is 2. The van der Waals surface area contributed by atoms with E-state index in [0.717, 1.165) is 22.3 Å². The number of aromatic hydroxyl groups is 1. The maximum absolute atomic E-state index is 14.4. The number of phenols is 1. The number of amides is 1. The van der Waals surface area contributed by atoms with Crippen molar-refractivity contribution in [3.63, 3.8) is 0 Å². The molecule has 1 spiro atoms. The molecule has 3 unspecified atom stereocenters. The van der Waals surface area contributed by atoms with Crippen LogP contribution in [-0.2, 0) is 36.7 Å². The molecule has 1 saturated carbocycles. The summed E-state index contributed by atoms with van der Waals surface area (Å²) < 4.78 is 31.0. The van der Waals surface area contributed by atoms with Gasteiger partial charge in [-0.15, -0.1) is 11.8 Å². The normalized spacial score (nSPS) is 34.8. The molecule has 5 heterocycles. The van der Waals surface area contributed by atoms with Gasteiger partial charge in [-0.05, 0) is 51.3 Å². The molecule has 1 amide bonds. The minimum absolute atomic E-state index is 0.0388. The summed E-state index contributed by atoms with van der Waals surface area (Å²) >= 11 is 1.52. The van der Waals surface area contributed by atoms with Crippen molar-refractivity contribution in [1.29, 1.82) is 5.26 Å². The molecule has 9 atom stereocenters. The fourth-order valence-corrected chi connectivity index (χ4v) is 12.4. The zero-order valence-electron chi connectivity index (χ0n) is 29.3. The summed E-state index contributed by atoms with van der Waals surface area (Å²) in [7, 11) is 3.53. The Hall–Kier alpha value is -4.19. The monoisotopic (exact) mass is 716 g/mol. The van der Waals surface area contributed by atoms with Crippen LogP contribution in [0.3, 0.4) is 0 Å². The highest BCUT2D eigenvalue weighted by atomic mass is 32.2. The number of methoxy groups -OCH3 is 1. The fraction of sp³-hybridized carbons (Fsp3) is 0.568. The predicted molar refractivity (Wildman–Crippen MR) is 182 cm³/mol. The number of nitrogens with zero attached hydrogens (tertiary/aromatic N) is 3. The molecule has 2 aromatic carbocycles. The summed E-state index contributed by atoms with van der Waals surface area (Å²) in [5, 5.41) is 25.5. The average Bonchev–Trinajstić information content (AvgIpc) is 3.62. The molecule has 2 aromatic rings. The highest BCUT2D eigenvalue weighted by Crippen LogP contribution is 2.82. The van der Waals surface area contributed by atoms with E-state index >= 15 is 0 Å². The van der Waals surface area contributed by atoms with Crippen LogP contribution in [0.5, 0.6) is 28.7 Å². The molecule has 268 valence electrons. The van der Waals surface area contributed by atoms with Gasteiger partial charge in [0.25, 0.3) is 0 Å². The maximum Gasteiger partial charge on any atom is 0.330 e. The first-order valence-electron chi connectivity index (χ1n) is 17.5. The van der Waals surface area contributed by atoms with Gasteiger partial charge in [0, 0.05) is 59.4 Å². The number of rotatable bonds is 5. The molecule has 0 aromatic heterocycles. The number of ether oxygens (including phenoxy) is 5. The van der Waals surface area contributed by atoms with E-state index in [1.807, 2.05) is 27.0 Å². The van der Waals surface area contributed by atoms with Gasteiger partial charge in [0.1, 0.15) is 17.8 Å². The van der Waals surface area contributed by atoms with Crippen molar-refractivity contribution < 1.29 is 43.2 Å². The lowest BCUT2D eigenvalue weighted by Gasteiger charge is -2.62. The van der Waals surface area contributed by atoms with Crippen LogP contribution in [0.1, 0.15) is 72.5 Å². The molecule has 7 aliphatic rings. The van der Waals surface area contributed by atoms with E-state index in [-0.39, 0.29) is 48.3 Å². The van der Waals surface area contributed by atoms with E-state index in [9.17, 15) is 24.8 Å². The summed E-state index contributed by atoms with van der Waals surface area (Å²) in [4.78, 5) is 44.6. The molecule has 13 nitrogen and oxygen atoms in total. The zero-order valence-corrected chi connectivity index (χ0v) is 30.1. The van der Waals surface area contributed by atoms with E-state index < -0.39 is 52.5 Å². The molecule has 4 bridgehead atoms. The van der Waals surface area contributed by atoms with Crippen LogP contribution >= 0.6 is 11.8 Å². The first-order chi connectivity index (χ1) is 24.5. The van der Waals surface area contributed by atoms with Gasteiger partial charge in [0.2, 0.25) is 12.7 Å². The Kier molecular flexibility index (Phi) is 7.00. The number of piperidine rings is 1. The number of aryl methyl sites for hydroxylation is 1. The van der Waals surface area contributed by atoms with Gasteiger partial charge in [-0.25, -0.2) is 4.79 Å². The first-order valence-corrected chi connectivity index (χ1v) is 18.6. The zero-order chi connectivity index (χ0) is 35.9. The molecule has 4 fully saturated rings. The Morgan fingerprint density at radius 1 is 1.22 bits per heavy atom. The number of nitrogens with one attached hydrogen (secondary N) is 1. The molecule has 51 heavy (non-hydrogen) atoms. The van der Waals surface area contributed by atoms with Crippen LogP contribution in [0.25, 0.3) is 0 Å². The van der Waals surface area contributed by atoms with E-state index in [0.29, 0.717) is 47.6 Å². The number of likely N-dealkylation sites (N-methyl/N-ethyl adjacent to an activating group) is 1. The molecular weight excluding hydrogens is 676 g/mol. The number of phenolic OH excluding ortho intramolecular Hbond substituents is 1. The number of esters is 2. The van der Waals surface area contributed by atoms with Crippen molar-refractivity contribution in [2.45, 2.75) is 100.0 Å². The number of fused-ring (bicyclic) bond motifs is 10. The van der Waals surface area contributed by atoms with Crippen LogP contribution in [0.2, 0.25) is 0 Å². The highest BCUT2D eigenvalue weighted by molar-refractivity contribution is 8.00.